The Labute approximate surface area is 133 Å². The Morgan fingerprint density at radius 1 is 1.27 bits per heavy atom. The Morgan fingerprint density at radius 3 is 2.55 bits per heavy atom. The van der Waals surface area contributed by atoms with Crippen LogP contribution in [0.4, 0.5) is 0 Å². The van der Waals surface area contributed by atoms with Gasteiger partial charge in [-0.05, 0) is 37.7 Å². The van der Waals surface area contributed by atoms with Crippen LogP contribution in [0.3, 0.4) is 0 Å². The highest BCUT2D eigenvalue weighted by molar-refractivity contribution is 5.66. The zero-order chi connectivity index (χ0) is 16.0. The monoisotopic (exact) mass is 302 g/mol. The van der Waals surface area contributed by atoms with Crippen molar-refractivity contribution < 1.29 is 14.3 Å². The van der Waals surface area contributed by atoms with Gasteiger partial charge in [0.1, 0.15) is 6.10 Å². The molecular weight excluding hydrogens is 276 g/mol. The van der Waals surface area contributed by atoms with Gasteiger partial charge < -0.3 is 9.47 Å². The summed E-state index contributed by atoms with van der Waals surface area (Å²) >= 11 is 0. The van der Waals surface area contributed by atoms with Crippen molar-refractivity contribution in [3.05, 3.63) is 35.9 Å². The topological polar surface area (TPSA) is 35.5 Å². The SMILES string of the molecule is CO[C@]1(C)C[C@@]2(c3ccccc3)C[C@@H]1C[C@@H](OC(C)=O)[C@H]2C. The van der Waals surface area contributed by atoms with Gasteiger partial charge in [-0.1, -0.05) is 37.3 Å². The molecule has 5 atom stereocenters. The van der Waals surface area contributed by atoms with Crippen molar-refractivity contribution in [3.63, 3.8) is 0 Å². The summed E-state index contributed by atoms with van der Waals surface area (Å²) in [5.74, 6) is 0.547. The molecule has 0 heterocycles. The molecule has 0 unspecified atom stereocenters. The quantitative estimate of drug-likeness (QED) is 0.798. The van der Waals surface area contributed by atoms with Gasteiger partial charge in [-0.2, -0.15) is 0 Å². The number of hydrogen-bond donors (Lipinski definition) is 0. The Bertz CT molecular complexity index is 555. The average molecular weight is 302 g/mol. The molecule has 2 aliphatic carbocycles. The molecule has 1 aromatic rings. The predicted molar refractivity (Wildman–Crippen MR) is 85.6 cm³/mol. The zero-order valence-corrected chi connectivity index (χ0v) is 14.0. The number of benzene rings is 1. The molecule has 22 heavy (non-hydrogen) atoms. The summed E-state index contributed by atoms with van der Waals surface area (Å²) in [6, 6.07) is 10.7. The molecular formula is C19H26O3. The van der Waals surface area contributed by atoms with E-state index < -0.39 is 0 Å². The van der Waals surface area contributed by atoms with Crippen LogP contribution in [0.2, 0.25) is 0 Å². The van der Waals surface area contributed by atoms with Crippen molar-refractivity contribution in [3.8, 4) is 0 Å². The van der Waals surface area contributed by atoms with Crippen LogP contribution >= 0.6 is 0 Å². The van der Waals surface area contributed by atoms with Crippen LogP contribution in [0, 0.1) is 11.8 Å². The second-order valence-corrected chi connectivity index (χ2v) is 7.29. The lowest BCUT2D eigenvalue weighted by atomic mass is 9.63. The van der Waals surface area contributed by atoms with E-state index in [0.717, 1.165) is 19.3 Å². The summed E-state index contributed by atoms with van der Waals surface area (Å²) < 4.78 is 11.6. The number of rotatable bonds is 3. The van der Waals surface area contributed by atoms with Crippen LogP contribution in [0.1, 0.15) is 45.6 Å². The number of carbonyl (C=O) groups is 1. The molecule has 120 valence electrons. The van der Waals surface area contributed by atoms with Gasteiger partial charge in [0.25, 0.3) is 0 Å². The first-order chi connectivity index (χ1) is 10.4. The van der Waals surface area contributed by atoms with Crippen molar-refractivity contribution in [1.82, 2.24) is 0 Å². The molecule has 2 aliphatic rings. The van der Waals surface area contributed by atoms with E-state index in [1.54, 1.807) is 0 Å². The first kappa shape index (κ1) is 15.5. The smallest absolute Gasteiger partial charge is 0.302 e. The minimum atomic E-state index is -0.180. The lowest BCUT2D eigenvalue weighted by molar-refractivity contribution is -0.153. The lowest BCUT2D eigenvalue weighted by Gasteiger charge is -2.43. The van der Waals surface area contributed by atoms with Crippen molar-refractivity contribution >= 4 is 5.97 Å². The van der Waals surface area contributed by atoms with E-state index in [1.165, 1.54) is 12.5 Å². The van der Waals surface area contributed by atoms with Crippen LogP contribution in [-0.4, -0.2) is 24.8 Å². The van der Waals surface area contributed by atoms with E-state index in [4.69, 9.17) is 9.47 Å². The van der Waals surface area contributed by atoms with Crippen molar-refractivity contribution in [2.24, 2.45) is 11.8 Å². The fourth-order valence-corrected chi connectivity index (χ4v) is 4.87. The maximum atomic E-state index is 11.5. The van der Waals surface area contributed by atoms with Gasteiger partial charge in [-0.3, -0.25) is 4.79 Å². The Balaban J connectivity index is 2.04. The highest BCUT2D eigenvalue weighted by Crippen LogP contribution is 2.61. The number of ether oxygens (including phenoxy) is 2. The molecule has 1 aromatic carbocycles. The van der Waals surface area contributed by atoms with Crippen LogP contribution in [0.15, 0.2) is 30.3 Å². The molecule has 0 aliphatic heterocycles. The molecule has 0 saturated heterocycles. The summed E-state index contributed by atoms with van der Waals surface area (Å²) in [7, 11) is 1.81. The van der Waals surface area contributed by atoms with E-state index in [1.807, 2.05) is 7.11 Å². The van der Waals surface area contributed by atoms with Gasteiger partial charge in [0.2, 0.25) is 0 Å². The molecule has 3 heteroatoms. The third-order valence-electron chi connectivity index (χ3n) is 6.22. The number of carbonyl (C=O) groups excluding carboxylic acids is 1. The Morgan fingerprint density at radius 2 is 1.95 bits per heavy atom. The molecule has 0 radical (unpaired) electrons. The molecule has 2 saturated carbocycles. The minimum Gasteiger partial charge on any atom is -0.462 e. The number of hydrogen-bond acceptors (Lipinski definition) is 3. The van der Waals surface area contributed by atoms with E-state index in [0.29, 0.717) is 11.8 Å². The molecule has 0 amide bonds. The fourth-order valence-electron chi connectivity index (χ4n) is 4.87. The number of methoxy groups -OCH3 is 1. The van der Waals surface area contributed by atoms with E-state index in [-0.39, 0.29) is 23.1 Å². The van der Waals surface area contributed by atoms with Crippen molar-refractivity contribution in [1.29, 1.82) is 0 Å². The van der Waals surface area contributed by atoms with Gasteiger partial charge in [0, 0.05) is 25.4 Å². The molecule has 2 bridgehead atoms. The summed E-state index contributed by atoms with van der Waals surface area (Å²) in [6.45, 7) is 5.96. The molecule has 0 spiro atoms. The van der Waals surface area contributed by atoms with E-state index in [2.05, 4.69) is 44.2 Å². The fraction of sp³-hybridized carbons (Fsp3) is 0.632. The molecule has 0 N–H and O–H groups in total. The number of esters is 1. The van der Waals surface area contributed by atoms with Gasteiger partial charge in [0.15, 0.2) is 0 Å². The van der Waals surface area contributed by atoms with Crippen LogP contribution in [0.25, 0.3) is 0 Å². The first-order valence-corrected chi connectivity index (χ1v) is 8.19. The maximum Gasteiger partial charge on any atom is 0.302 e. The normalized spacial score (nSPS) is 40.5. The standard InChI is InChI=1S/C19H26O3/c1-13-17(22-14(2)20)10-16-11-19(13,12-18(16,3)21-4)15-8-6-5-7-9-15/h5-9,13,16-17H,10-12H2,1-4H3/t13-,16+,17-,18-,19+/m1/s1. The second-order valence-electron chi connectivity index (χ2n) is 7.29. The zero-order valence-electron chi connectivity index (χ0n) is 14.0. The highest BCUT2D eigenvalue weighted by Gasteiger charge is 2.61. The second kappa shape index (κ2) is 5.38. The van der Waals surface area contributed by atoms with Gasteiger partial charge >= 0.3 is 5.97 Å². The Hall–Kier alpha value is -1.35. The van der Waals surface area contributed by atoms with Gasteiger partial charge in [-0.15, -0.1) is 0 Å². The molecule has 2 fully saturated rings. The third-order valence-corrected chi connectivity index (χ3v) is 6.22. The largest absolute Gasteiger partial charge is 0.462 e. The third kappa shape index (κ3) is 2.26. The maximum absolute atomic E-state index is 11.5. The van der Waals surface area contributed by atoms with Crippen LogP contribution in [-0.2, 0) is 19.7 Å². The predicted octanol–water partition coefficient (Wildman–Crippen LogP) is 3.71. The van der Waals surface area contributed by atoms with Crippen molar-refractivity contribution in [2.75, 3.05) is 7.11 Å². The Kier molecular flexibility index (Phi) is 3.80. The van der Waals surface area contributed by atoms with E-state index in [9.17, 15) is 4.79 Å². The lowest BCUT2D eigenvalue weighted by Crippen LogP contribution is -2.44. The first-order valence-electron chi connectivity index (χ1n) is 8.19. The van der Waals surface area contributed by atoms with Crippen LogP contribution < -0.4 is 0 Å². The molecule has 3 rings (SSSR count). The highest BCUT2D eigenvalue weighted by atomic mass is 16.5. The minimum absolute atomic E-state index is 0.0200. The average Bonchev–Trinajstić information content (AvgIpc) is 2.77. The summed E-state index contributed by atoms with van der Waals surface area (Å²) in [5.41, 5.74) is 1.25. The number of fused-ring (bicyclic) bond motifs is 2. The summed E-state index contributed by atoms with van der Waals surface area (Å²) in [5, 5.41) is 0. The van der Waals surface area contributed by atoms with E-state index >= 15 is 0 Å². The van der Waals surface area contributed by atoms with Crippen molar-refractivity contribution in [2.45, 2.75) is 57.2 Å². The van der Waals surface area contributed by atoms with Gasteiger partial charge in [0.05, 0.1) is 5.60 Å². The molecule has 0 aromatic heterocycles. The summed E-state index contributed by atoms with van der Waals surface area (Å²) in [6.07, 6.45) is 2.98. The molecule has 3 nitrogen and oxygen atoms in total. The van der Waals surface area contributed by atoms with Gasteiger partial charge in [-0.25, -0.2) is 0 Å². The summed E-state index contributed by atoms with van der Waals surface area (Å²) in [4.78, 5) is 11.5. The van der Waals surface area contributed by atoms with Crippen LogP contribution in [0.5, 0.6) is 0 Å².